The average Bonchev–Trinajstić information content (AvgIpc) is 3.00. The Bertz CT molecular complexity index is 588. The van der Waals surface area contributed by atoms with E-state index in [1.165, 1.54) is 24.9 Å². The lowest BCUT2D eigenvalue weighted by Crippen LogP contribution is -2.50. The van der Waals surface area contributed by atoms with Crippen LogP contribution < -0.4 is 4.90 Å². The summed E-state index contributed by atoms with van der Waals surface area (Å²) < 4.78 is 5.45. The monoisotopic (exact) mass is 346 g/mol. The van der Waals surface area contributed by atoms with E-state index in [2.05, 4.69) is 34.0 Å². The average molecular weight is 346 g/mol. The van der Waals surface area contributed by atoms with Gasteiger partial charge in [0.25, 0.3) is 0 Å². The highest BCUT2D eigenvalue weighted by Gasteiger charge is 2.27. The lowest BCUT2D eigenvalue weighted by molar-refractivity contribution is 0.0240. The van der Waals surface area contributed by atoms with Crippen LogP contribution in [0.5, 0.6) is 0 Å². The van der Waals surface area contributed by atoms with Crippen LogP contribution in [0.4, 0.5) is 10.6 Å². The summed E-state index contributed by atoms with van der Waals surface area (Å²) >= 11 is 0. The third-order valence-electron chi connectivity index (χ3n) is 4.93. The minimum Gasteiger partial charge on any atom is -0.444 e. The molecule has 2 aliphatic rings. The van der Waals surface area contributed by atoms with Gasteiger partial charge in [-0.05, 0) is 58.8 Å². The second-order valence-corrected chi connectivity index (χ2v) is 8.04. The number of nitrogens with zero attached hydrogens (tertiary/aromatic N) is 4. The zero-order valence-corrected chi connectivity index (χ0v) is 15.9. The number of rotatable bonds is 2. The van der Waals surface area contributed by atoms with Gasteiger partial charge >= 0.3 is 6.09 Å². The Morgan fingerprint density at radius 1 is 1.16 bits per heavy atom. The zero-order valence-electron chi connectivity index (χ0n) is 15.9. The number of piperazine rings is 1. The molecule has 1 atom stereocenters. The molecular weight excluding hydrogens is 316 g/mol. The van der Waals surface area contributed by atoms with Crippen LogP contribution in [0.1, 0.15) is 45.2 Å². The fourth-order valence-electron chi connectivity index (χ4n) is 3.56. The highest BCUT2D eigenvalue weighted by molar-refractivity contribution is 5.68. The topological polar surface area (TPSA) is 48.9 Å². The second kappa shape index (κ2) is 7.20. The van der Waals surface area contributed by atoms with Gasteiger partial charge in [-0.1, -0.05) is 6.07 Å². The van der Waals surface area contributed by atoms with Crippen LogP contribution in [-0.2, 0) is 4.74 Å². The second-order valence-electron chi connectivity index (χ2n) is 8.04. The van der Waals surface area contributed by atoms with E-state index < -0.39 is 5.60 Å². The molecule has 0 aromatic carbocycles. The number of ether oxygens (including phenoxy) is 1. The number of aromatic nitrogens is 1. The van der Waals surface area contributed by atoms with E-state index in [0.717, 1.165) is 18.9 Å². The van der Waals surface area contributed by atoms with E-state index in [4.69, 9.17) is 4.74 Å². The first-order valence-corrected chi connectivity index (χ1v) is 9.22. The smallest absolute Gasteiger partial charge is 0.410 e. The number of carbonyl (C=O) groups is 1. The maximum Gasteiger partial charge on any atom is 0.410 e. The van der Waals surface area contributed by atoms with Gasteiger partial charge in [-0.15, -0.1) is 0 Å². The number of hydrogen-bond acceptors (Lipinski definition) is 5. The quantitative estimate of drug-likeness (QED) is 0.824. The van der Waals surface area contributed by atoms with Crippen LogP contribution in [0.3, 0.4) is 0 Å². The van der Waals surface area contributed by atoms with Crippen molar-refractivity contribution < 1.29 is 9.53 Å². The summed E-state index contributed by atoms with van der Waals surface area (Å²) in [7, 11) is 2.18. The molecule has 2 fully saturated rings. The summed E-state index contributed by atoms with van der Waals surface area (Å²) in [4.78, 5) is 23.2. The van der Waals surface area contributed by atoms with Gasteiger partial charge in [-0.3, -0.25) is 4.90 Å². The van der Waals surface area contributed by atoms with Crippen LogP contribution in [0.2, 0.25) is 0 Å². The van der Waals surface area contributed by atoms with Crippen LogP contribution in [0, 0.1) is 0 Å². The molecule has 0 radical (unpaired) electrons. The predicted octanol–water partition coefficient (Wildman–Crippen LogP) is 2.91. The van der Waals surface area contributed by atoms with Gasteiger partial charge in [0, 0.05) is 38.4 Å². The molecule has 3 heterocycles. The number of likely N-dealkylation sites (tertiary alicyclic amines) is 1. The first kappa shape index (κ1) is 18.0. The SMILES string of the molecule is CN1CCC[C@H]1c1ccc(N2CCN(C(=O)OC(C)(C)C)CC2)nc1. The van der Waals surface area contributed by atoms with Crippen molar-refractivity contribution in [2.45, 2.75) is 45.3 Å². The van der Waals surface area contributed by atoms with Crippen molar-refractivity contribution in [3.8, 4) is 0 Å². The maximum absolute atomic E-state index is 12.1. The number of amides is 1. The third-order valence-corrected chi connectivity index (χ3v) is 4.93. The van der Waals surface area contributed by atoms with Crippen molar-refractivity contribution in [2.24, 2.45) is 0 Å². The van der Waals surface area contributed by atoms with Crippen LogP contribution in [0.15, 0.2) is 18.3 Å². The first-order chi connectivity index (χ1) is 11.8. The largest absolute Gasteiger partial charge is 0.444 e. The van der Waals surface area contributed by atoms with E-state index in [0.29, 0.717) is 19.1 Å². The summed E-state index contributed by atoms with van der Waals surface area (Å²) in [6, 6.07) is 4.82. The lowest BCUT2D eigenvalue weighted by atomic mass is 10.1. The van der Waals surface area contributed by atoms with Gasteiger partial charge in [-0.25, -0.2) is 9.78 Å². The van der Waals surface area contributed by atoms with E-state index in [-0.39, 0.29) is 6.09 Å². The normalized spacial score (nSPS) is 22.3. The van der Waals surface area contributed by atoms with Gasteiger partial charge in [-0.2, -0.15) is 0 Å². The van der Waals surface area contributed by atoms with Crippen molar-refractivity contribution in [3.63, 3.8) is 0 Å². The zero-order chi connectivity index (χ0) is 18.0. The molecule has 1 aromatic rings. The predicted molar refractivity (Wildman–Crippen MR) is 98.9 cm³/mol. The third kappa shape index (κ3) is 4.42. The molecule has 1 amide bonds. The molecule has 2 aliphatic heterocycles. The Balaban J connectivity index is 1.55. The van der Waals surface area contributed by atoms with Crippen LogP contribution in [0.25, 0.3) is 0 Å². The molecule has 0 aliphatic carbocycles. The fraction of sp³-hybridized carbons (Fsp3) is 0.684. The molecule has 0 unspecified atom stereocenters. The minimum absolute atomic E-state index is 0.222. The van der Waals surface area contributed by atoms with E-state index in [1.54, 1.807) is 4.90 Å². The molecule has 0 N–H and O–H groups in total. The summed E-state index contributed by atoms with van der Waals surface area (Å²) in [5.74, 6) is 0.994. The summed E-state index contributed by atoms with van der Waals surface area (Å²) in [5.41, 5.74) is 0.857. The molecule has 6 nitrogen and oxygen atoms in total. The highest BCUT2D eigenvalue weighted by atomic mass is 16.6. The number of carbonyl (C=O) groups excluding carboxylic acids is 1. The van der Waals surface area contributed by atoms with Gasteiger partial charge in [0.05, 0.1) is 0 Å². The standard InChI is InChI=1S/C19H30N4O2/c1-19(2,3)25-18(24)23-12-10-22(11-13-23)17-8-7-15(14-20-17)16-6-5-9-21(16)4/h7-8,14,16H,5-6,9-13H2,1-4H3/t16-/m0/s1. The van der Waals surface area contributed by atoms with Gasteiger partial charge in [0.2, 0.25) is 0 Å². The Kier molecular flexibility index (Phi) is 5.18. The first-order valence-electron chi connectivity index (χ1n) is 9.22. The molecule has 0 spiro atoms. The molecule has 138 valence electrons. The van der Waals surface area contributed by atoms with Crippen molar-refractivity contribution in [2.75, 3.05) is 44.7 Å². The number of hydrogen-bond donors (Lipinski definition) is 0. The van der Waals surface area contributed by atoms with E-state index in [1.807, 2.05) is 27.0 Å². The highest BCUT2D eigenvalue weighted by Crippen LogP contribution is 2.30. The molecule has 6 heteroatoms. The molecule has 2 saturated heterocycles. The van der Waals surface area contributed by atoms with Gasteiger partial charge in [0.15, 0.2) is 0 Å². The number of anilines is 1. The van der Waals surface area contributed by atoms with Crippen LogP contribution >= 0.6 is 0 Å². The lowest BCUT2D eigenvalue weighted by Gasteiger charge is -2.36. The van der Waals surface area contributed by atoms with Crippen molar-refractivity contribution >= 4 is 11.9 Å². The maximum atomic E-state index is 12.1. The number of pyridine rings is 1. The Hall–Kier alpha value is -1.82. The molecule has 3 rings (SSSR count). The minimum atomic E-state index is -0.445. The van der Waals surface area contributed by atoms with Gasteiger partial charge in [0.1, 0.15) is 11.4 Å². The Labute approximate surface area is 150 Å². The van der Waals surface area contributed by atoms with Crippen LogP contribution in [-0.4, -0.2) is 66.2 Å². The molecule has 0 bridgehead atoms. The molecular formula is C19H30N4O2. The summed E-state index contributed by atoms with van der Waals surface area (Å²) in [5, 5.41) is 0. The van der Waals surface area contributed by atoms with E-state index in [9.17, 15) is 4.79 Å². The summed E-state index contributed by atoms with van der Waals surface area (Å²) in [6.45, 7) is 9.77. The van der Waals surface area contributed by atoms with Crippen molar-refractivity contribution in [1.82, 2.24) is 14.8 Å². The van der Waals surface area contributed by atoms with Crippen molar-refractivity contribution in [3.05, 3.63) is 23.9 Å². The van der Waals surface area contributed by atoms with E-state index >= 15 is 0 Å². The van der Waals surface area contributed by atoms with Crippen molar-refractivity contribution in [1.29, 1.82) is 0 Å². The summed E-state index contributed by atoms with van der Waals surface area (Å²) in [6.07, 6.45) is 4.27. The fourth-order valence-corrected chi connectivity index (χ4v) is 3.56. The Morgan fingerprint density at radius 2 is 1.88 bits per heavy atom. The Morgan fingerprint density at radius 3 is 2.40 bits per heavy atom. The molecule has 1 aromatic heterocycles. The van der Waals surface area contributed by atoms with Gasteiger partial charge < -0.3 is 14.5 Å². The molecule has 25 heavy (non-hydrogen) atoms. The molecule has 0 saturated carbocycles.